The first-order valence-corrected chi connectivity index (χ1v) is 13.3. The maximum absolute atomic E-state index is 11.3. The van der Waals surface area contributed by atoms with Gasteiger partial charge in [-0.2, -0.15) is 30.0 Å². The van der Waals surface area contributed by atoms with Gasteiger partial charge in [-0.05, 0) is 0 Å². The second kappa shape index (κ2) is 11.3. The molecule has 0 radical (unpaired) electrons. The molecule has 21 nitrogen and oxygen atoms in total. The van der Waals surface area contributed by atoms with Crippen molar-refractivity contribution in [2.45, 2.75) is 61.3 Å². The quantitative estimate of drug-likeness (QED) is 0.106. The molecule has 10 atom stereocenters. The van der Waals surface area contributed by atoms with Gasteiger partial charge in [0.15, 0.2) is 24.8 Å². The minimum atomic E-state index is -5.47. The third-order valence-electron chi connectivity index (χ3n) is 4.67. The van der Waals surface area contributed by atoms with E-state index in [1.54, 1.807) is 0 Å². The number of carboxylic acid groups (broad SMARTS) is 1. The number of rotatable bonds is 10. The van der Waals surface area contributed by atoms with E-state index in [1.165, 1.54) is 4.72 Å². The van der Waals surface area contributed by atoms with Crippen LogP contribution in [0.4, 0.5) is 0 Å². The van der Waals surface area contributed by atoms with Gasteiger partial charge < -0.3 is 39.7 Å². The van der Waals surface area contributed by atoms with E-state index in [-0.39, 0.29) is 0 Å². The number of nitrogens with one attached hydrogen (secondary N) is 1. The molecular weight excluding hydrogens is 574 g/mol. The van der Waals surface area contributed by atoms with Crippen LogP contribution in [0.15, 0.2) is 0 Å². The van der Waals surface area contributed by atoms with E-state index in [1.807, 2.05) is 0 Å². The largest absolute Gasteiger partial charge is 0.479 e. The first-order valence-electron chi connectivity index (χ1n) is 9.14. The summed E-state index contributed by atoms with van der Waals surface area (Å²) in [6.45, 7) is -1.29. The molecule has 0 saturated carbocycles. The zero-order valence-corrected chi connectivity index (χ0v) is 19.6. The molecule has 0 bridgehead atoms. The molecule has 0 unspecified atom stereocenters. The van der Waals surface area contributed by atoms with E-state index in [0.29, 0.717) is 0 Å². The highest BCUT2D eigenvalue weighted by atomic mass is 32.3. The highest BCUT2D eigenvalue weighted by Crippen LogP contribution is 2.31. The summed E-state index contributed by atoms with van der Waals surface area (Å²) in [7, 11) is -15.8. The number of hydrogen-bond acceptors (Lipinski definition) is 16. The van der Waals surface area contributed by atoms with Crippen LogP contribution in [0.3, 0.4) is 0 Å². The molecular formula is C12H21NO20S3. The van der Waals surface area contributed by atoms with Gasteiger partial charge in [-0.1, -0.05) is 0 Å². The van der Waals surface area contributed by atoms with Gasteiger partial charge in [0.2, 0.25) is 0 Å². The summed E-state index contributed by atoms with van der Waals surface area (Å²) in [4.78, 5) is 11.3. The molecule has 0 amide bonds. The summed E-state index contributed by atoms with van der Waals surface area (Å²) in [5.41, 5.74) is 0. The van der Waals surface area contributed by atoms with E-state index >= 15 is 0 Å². The predicted octanol–water partition coefficient (Wildman–Crippen LogP) is -6.25. The van der Waals surface area contributed by atoms with Gasteiger partial charge in [-0.25, -0.2) is 13.2 Å². The van der Waals surface area contributed by atoms with Gasteiger partial charge in [0, 0.05) is 0 Å². The third-order valence-corrected chi connectivity index (χ3v) is 6.14. The van der Waals surface area contributed by atoms with Crippen molar-refractivity contribution in [2.75, 3.05) is 6.61 Å². The maximum atomic E-state index is 11.3. The van der Waals surface area contributed by atoms with Crippen LogP contribution in [0.5, 0.6) is 0 Å². The molecule has 0 aromatic heterocycles. The standard InChI is InChI=1S/C12H21NO20S3/c14-4-3(13-34(20,21)22)11(19)30-2(1-29-35(23,24)25)7(4)31-12-9(33-36(26,27)28)6(16)5(15)8(32-12)10(17)18/h2-9,11-16,19H,1H2,(H,17,18)(H,20,21,22)(H,23,24,25)(H,26,27,28)/t2-,3-,4-,5+,6+,7-,8-,9-,11+,12-/m1/s1. The van der Waals surface area contributed by atoms with Gasteiger partial charge in [0.05, 0.1) is 6.61 Å². The SMILES string of the molecule is O=C(O)[C@@H]1O[C@@H](O[C@H]2[C@H](O)[C@@H](NS(=O)(=O)O)[C@@H](O)O[C@@H]2COS(=O)(=O)O)[C@H](OS(=O)(=O)O)[C@@H](O)[C@@H]1O. The first-order chi connectivity index (χ1) is 16.2. The van der Waals surface area contributed by atoms with Crippen molar-refractivity contribution in [1.82, 2.24) is 4.72 Å². The third kappa shape index (κ3) is 8.41. The molecule has 9 N–H and O–H groups in total. The van der Waals surface area contributed by atoms with Crippen LogP contribution in [0.25, 0.3) is 0 Å². The Kier molecular flexibility index (Phi) is 9.71. The lowest BCUT2D eigenvalue weighted by molar-refractivity contribution is -0.336. The summed E-state index contributed by atoms with van der Waals surface area (Å²) >= 11 is 0. The number of aliphatic hydroxyl groups excluding tert-OH is 4. The summed E-state index contributed by atoms with van der Waals surface area (Å²) in [5.74, 6) is -1.94. The zero-order valence-electron chi connectivity index (χ0n) is 17.2. The Bertz CT molecular complexity index is 1100. The summed E-state index contributed by atoms with van der Waals surface area (Å²) in [6, 6.07) is -2.19. The lowest BCUT2D eigenvalue weighted by atomic mass is 9.96. The fourth-order valence-corrected chi connectivity index (χ4v) is 4.63. The van der Waals surface area contributed by atoms with E-state index in [2.05, 4.69) is 8.37 Å². The average molecular weight is 595 g/mol. The number of aliphatic carboxylic acids is 1. The van der Waals surface area contributed by atoms with Crippen molar-refractivity contribution >= 4 is 37.1 Å². The number of aliphatic hydroxyl groups is 4. The van der Waals surface area contributed by atoms with Crippen molar-refractivity contribution in [2.24, 2.45) is 0 Å². The maximum Gasteiger partial charge on any atom is 0.397 e. The molecule has 212 valence electrons. The molecule has 2 aliphatic rings. The minimum absolute atomic E-state index is 1.29. The van der Waals surface area contributed by atoms with Crippen molar-refractivity contribution in [3.05, 3.63) is 0 Å². The van der Waals surface area contributed by atoms with Crippen LogP contribution in [-0.4, -0.2) is 138 Å². The van der Waals surface area contributed by atoms with Gasteiger partial charge in [-0.15, -0.1) is 0 Å². The van der Waals surface area contributed by atoms with Crippen molar-refractivity contribution < 1.29 is 91.8 Å². The number of carbonyl (C=O) groups is 1. The molecule has 0 spiro atoms. The summed E-state index contributed by atoms with van der Waals surface area (Å²) in [6.07, 6.45) is -21.1. The topological polar surface area (TPSA) is 340 Å². The molecule has 0 aliphatic carbocycles. The van der Waals surface area contributed by atoms with Crippen LogP contribution < -0.4 is 4.72 Å². The lowest BCUT2D eigenvalue weighted by Crippen LogP contribution is -2.67. The highest BCUT2D eigenvalue weighted by molar-refractivity contribution is 7.83. The molecule has 2 saturated heterocycles. The molecule has 2 fully saturated rings. The first kappa shape index (κ1) is 31.0. The van der Waals surface area contributed by atoms with Gasteiger partial charge in [0.25, 0.3) is 0 Å². The Morgan fingerprint density at radius 2 is 1.42 bits per heavy atom. The Morgan fingerprint density at radius 1 is 0.833 bits per heavy atom. The molecule has 24 heteroatoms. The summed E-state index contributed by atoms with van der Waals surface area (Å²) in [5, 5.41) is 49.7. The highest BCUT2D eigenvalue weighted by Gasteiger charge is 2.54. The lowest BCUT2D eigenvalue weighted by Gasteiger charge is -2.46. The van der Waals surface area contributed by atoms with E-state index in [4.69, 9.17) is 33.0 Å². The smallest absolute Gasteiger partial charge is 0.397 e. The monoisotopic (exact) mass is 595 g/mol. The normalized spacial score (nSPS) is 38.5. The number of carboxylic acids is 1. The van der Waals surface area contributed by atoms with E-state index < -0.39 is 105 Å². The Morgan fingerprint density at radius 3 is 1.89 bits per heavy atom. The fraction of sp³-hybridized carbons (Fsp3) is 0.917. The van der Waals surface area contributed by atoms with Gasteiger partial charge in [0.1, 0.15) is 36.6 Å². The fourth-order valence-electron chi connectivity index (χ4n) is 3.24. The second-order valence-electron chi connectivity index (χ2n) is 7.22. The Balaban J connectivity index is 2.46. The predicted molar refractivity (Wildman–Crippen MR) is 102 cm³/mol. The Labute approximate surface area is 201 Å². The molecule has 2 aliphatic heterocycles. The molecule has 0 aromatic carbocycles. The van der Waals surface area contributed by atoms with Crippen molar-refractivity contribution in [3.8, 4) is 0 Å². The zero-order chi connectivity index (χ0) is 27.8. The molecule has 0 aromatic rings. The van der Waals surface area contributed by atoms with Crippen LogP contribution in [-0.2, 0) is 58.5 Å². The van der Waals surface area contributed by atoms with Crippen LogP contribution >= 0.6 is 0 Å². The minimum Gasteiger partial charge on any atom is -0.479 e. The van der Waals surface area contributed by atoms with Crippen molar-refractivity contribution in [3.63, 3.8) is 0 Å². The van der Waals surface area contributed by atoms with Gasteiger partial charge in [-0.3, -0.25) is 13.7 Å². The van der Waals surface area contributed by atoms with E-state index in [0.717, 1.165) is 0 Å². The van der Waals surface area contributed by atoms with Gasteiger partial charge >= 0.3 is 37.1 Å². The van der Waals surface area contributed by atoms with E-state index in [9.17, 15) is 50.5 Å². The van der Waals surface area contributed by atoms with Crippen LogP contribution in [0, 0.1) is 0 Å². The Hall–Kier alpha value is -1.20. The summed E-state index contributed by atoms with van der Waals surface area (Å²) < 4.78 is 118. The average Bonchev–Trinajstić information content (AvgIpc) is 2.68. The number of ether oxygens (including phenoxy) is 3. The van der Waals surface area contributed by atoms with Crippen LogP contribution in [0.2, 0.25) is 0 Å². The van der Waals surface area contributed by atoms with Crippen LogP contribution in [0.1, 0.15) is 0 Å². The number of hydrogen-bond donors (Lipinski definition) is 9. The van der Waals surface area contributed by atoms with Crippen molar-refractivity contribution in [1.29, 1.82) is 0 Å². The second-order valence-corrected chi connectivity index (χ2v) is 10.5. The molecule has 36 heavy (non-hydrogen) atoms. The molecule has 2 rings (SSSR count). The molecule has 2 heterocycles.